The number of piperidine rings is 2. The Morgan fingerprint density at radius 3 is 2.09 bits per heavy atom. The van der Waals surface area contributed by atoms with Crippen LogP contribution in [0.15, 0.2) is 12.1 Å². The maximum Gasteiger partial charge on any atom is 0.322 e. The van der Waals surface area contributed by atoms with E-state index in [-0.39, 0.29) is 12.1 Å². The van der Waals surface area contributed by atoms with E-state index in [1.54, 1.807) is 33.5 Å². The number of rotatable bonds is 10. The molecule has 0 radical (unpaired) electrons. The zero-order chi connectivity index (χ0) is 24.5. The molecule has 2 saturated heterocycles. The van der Waals surface area contributed by atoms with Gasteiger partial charge < -0.3 is 34.2 Å². The fraction of sp³-hybridized carbons (Fsp3) is 0.731. The van der Waals surface area contributed by atoms with Gasteiger partial charge >= 0.3 is 6.03 Å². The predicted molar refractivity (Wildman–Crippen MR) is 136 cm³/mol. The van der Waals surface area contributed by atoms with Crippen molar-refractivity contribution in [1.82, 2.24) is 14.7 Å². The number of hydrogen-bond acceptors (Lipinski definition) is 6. The molecule has 3 rings (SSSR count). The topological polar surface area (TPSA) is 66.5 Å². The SMILES string of the molecule is CCN1CCC(N(CCCN2CCC(C)CC2)C(=O)Nc2cc(OC)c(OC)c(OC)c2)CC1. The van der Waals surface area contributed by atoms with Crippen LogP contribution < -0.4 is 19.5 Å². The molecule has 0 spiro atoms. The second-order valence-electron chi connectivity index (χ2n) is 9.58. The normalized spacial score (nSPS) is 18.5. The second kappa shape index (κ2) is 13.0. The minimum atomic E-state index is -0.0588. The van der Waals surface area contributed by atoms with Gasteiger partial charge in [-0.05, 0) is 64.2 Å². The minimum absolute atomic E-state index is 0.0588. The molecule has 1 N–H and O–H groups in total. The number of likely N-dealkylation sites (tertiary alicyclic amines) is 2. The van der Waals surface area contributed by atoms with E-state index in [9.17, 15) is 4.79 Å². The van der Waals surface area contributed by atoms with E-state index in [0.29, 0.717) is 22.9 Å². The van der Waals surface area contributed by atoms with Crippen molar-refractivity contribution in [2.75, 3.05) is 72.5 Å². The summed E-state index contributed by atoms with van der Waals surface area (Å²) in [6, 6.07) is 3.76. The molecule has 8 heteroatoms. The lowest BCUT2D eigenvalue weighted by Crippen LogP contribution is -2.49. The van der Waals surface area contributed by atoms with E-state index in [1.807, 2.05) is 0 Å². The van der Waals surface area contributed by atoms with Gasteiger partial charge in [0.15, 0.2) is 11.5 Å². The van der Waals surface area contributed by atoms with Gasteiger partial charge in [0.1, 0.15) is 0 Å². The molecule has 1 aromatic carbocycles. The summed E-state index contributed by atoms with van der Waals surface area (Å²) in [4.78, 5) is 20.6. The lowest BCUT2D eigenvalue weighted by atomic mass is 9.99. The van der Waals surface area contributed by atoms with Gasteiger partial charge in [-0.2, -0.15) is 0 Å². The maximum atomic E-state index is 13.5. The fourth-order valence-corrected chi connectivity index (χ4v) is 5.10. The van der Waals surface area contributed by atoms with Gasteiger partial charge in [0.05, 0.1) is 27.0 Å². The molecular weight excluding hydrogens is 432 g/mol. The quantitative estimate of drug-likeness (QED) is 0.547. The van der Waals surface area contributed by atoms with Crippen LogP contribution in [0.5, 0.6) is 17.2 Å². The van der Waals surface area contributed by atoms with Crippen LogP contribution in [0.3, 0.4) is 0 Å². The summed E-state index contributed by atoms with van der Waals surface area (Å²) in [7, 11) is 4.74. The standard InChI is InChI=1S/C26H44N4O4/c1-6-28-16-10-22(11-17-28)30(13-7-12-29-14-8-20(2)9-15-29)26(31)27-21-18-23(32-3)25(34-5)24(19-21)33-4/h18-20,22H,6-17H2,1-5H3,(H,27,31). The second-order valence-corrected chi connectivity index (χ2v) is 9.58. The highest BCUT2D eigenvalue weighted by molar-refractivity contribution is 5.90. The number of methoxy groups -OCH3 is 3. The Hall–Kier alpha value is -2.19. The molecule has 34 heavy (non-hydrogen) atoms. The molecule has 0 saturated carbocycles. The third-order valence-electron chi connectivity index (χ3n) is 7.37. The Kier molecular flexibility index (Phi) is 10.1. The van der Waals surface area contributed by atoms with Crippen LogP contribution in [0, 0.1) is 5.92 Å². The maximum absolute atomic E-state index is 13.5. The largest absolute Gasteiger partial charge is 0.493 e. The van der Waals surface area contributed by atoms with Gasteiger partial charge in [-0.25, -0.2) is 4.79 Å². The lowest BCUT2D eigenvalue weighted by molar-refractivity contribution is 0.123. The van der Waals surface area contributed by atoms with E-state index in [1.165, 1.54) is 25.9 Å². The van der Waals surface area contributed by atoms with Crippen molar-refractivity contribution in [3.63, 3.8) is 0 Å². The monoisotopic (exact) mass is 476 g/mol. The third kappa shape index (κ3) is 6.92. The van der Waals surface area contributed by atoms with Crippen molar-refractivity contribution < 1.29 is 19.0 Å². The van der Waals surface area contributed by atoms with Gasteiger partial charge in [-0.3, -0.25) is 0 Å². The fourth-order valence-electron chi connectivity index (χ4n) is 5.10. The zero-order valence-corrected chi connectivity index (χ0v) is 21.8. The molecule has 0 aliphatic carbocycles. The number of nitrogens with zero attached hydrogens (tertiary/aromatic N) is 3. The first kappa shape index (κ1) is 26.4. The molecule has 0 unspecified atom stereocenters. The average molecular weight is 477 g/mol. The number of anilines is 1. The molecule has 2 aliphatic heterocycles. The lowest BCUT2D eigenvalue weighted by Gasteiger charge is -2.39. The van der Waals surface area contributed by atoms with Crippen LogP contribution in [0.25, 0.3) is 0 Å². The third-order valence-corrected chi connectivity index (χ3v) is 7.37. The van der Waals surface area contributed by atoms with Gasteiger partial charge in [0.25, 0.3) is 0 Å². The zero-order valence-electron chi connectivity index (χ0n) is 21.8. The average Bonchev–Trinajstić information content (AvgIpc) is 2.87. The highest BCUT2D eigenvalue weighted by Gasteiger charge is 2.28. The molecule has 2 fully saturated rings. The van der Waals surface area contributed by atoms with Gasteiger partial charge in [-0.1, -0.05) is 13.8 Å². The summed E-state index contributed by atoms with van der Waals surface area (Å²) < 4.78 is 16.3. The van der Waals surface area contributed by atoms with Crippen molar-refractivity contribution in [2.45, 2.75) is 52.0 Å². The summed E-state index contributed by atoms with van der Waals surface area (Å²) in [5.74, 6) is 2.40. The molecule has 2 amide bonds. The molecule has 1 aromatic rings. The van der Waals surface area contributed by atoms with Crippen LogP contribution >= 0.6 is 0 Å². The first-order valence-corrected chi connectivity index (χ1v) is 12.8. The first-order valence-electron chi connectivity index (χ1n) is 12.8. The van der Waals surface area contributed by atoms with E-state index in [4.69, 9.17) is 14.2 Å². The number of amides is 2. The Morgan fingerprint density at radius 1 is 0.971 bits per heavy atom. The number of hydrogen-bond donors (Lipinski definition) is 1. The molecule has 192 valence electrons. The van der Waals surface area contributed by atoms with Crippen molar-refractivity contribution in [1.29, 1.82) is 0 Å². The number of ether oxygens (including phenoxy) is 3. The molecular formula is C26H44N4O4. The number of nitrogens with one attached hydrogen (secondary N) is 1. The van der Waals surface area contributed by atoms with Gasteiger partial charge in [0, 0.05) is 37.8 Å². The molecule has 0 atom stereocenters. The molecule has 8 nitrogen and oxygen atoms in total. The molecule has 2 heterocycles. The van der Waals surface area contributed by atoms with E-state index in [0.717, 1.165) is 57.9 Å². The predicted octanol–water partition coefficient (Wildman–Crippen LogP) is 4.15. The van der Waals surface area contributed by atoms with E-state index < -0.39 is 0 Å². The van der Waals surface area contributed by atoms with E-state index >= 15 is 0 Å². The Balaban J connectivity index is 1.68. The van der Waals surface area contributed by atoms with Crippen LogP contribution in [-0.4, -0.2) is 93.9 Å². The van der Waals surface area contributed by atoms with E-state index in [2.05, 4.69) is 33.9 Å². The Morgan fingerprint density at radius 2 is 1.56 bits per heavy atom. The van der Waals surface area contributed by atoms with Crippen LogP contribution in [-0.2, 0) is 0 Å². The highest BCUT2D eigenvalue weighted by Crippen LogP contribution is 2.40. The van der Waals surface area contributed by atoms with Gasteiger partial charge in [0.2, 0.25) is 5.75 Å². The van der Waals surface area contributed by atoms with Crippen molar-refractivity contribution >= 4 is 11.7 Å². The van der Waals surface area contributed by atoms with Gasteiger partial charge in [-0.15, -0.1) is 0 Å². The Bertz CT molecular complexity index is 749. The summed E-state index contributed by atoms with van der Waals surface area (Å²) in [5, 5.41) is 3.10. The number of urea groups is 1. The Labute approximate surface area is 205 Å². The molecule has 0 bridgehead atoms. The van der Waals surface area contributed by atoms with Crippen molar-refractivity contribution in [3.8, 4) is 17.2 Å². The number of carbonyl (C=O) groups excluding carboxylic acids is 1. The smallest absolute Gasteiger partial charge is 0.322 e. The summed E-state index contributed by atoms with van der Waals surface area (Å²) in [6.07, 6.45) is 5.57. The highest BCUT2D eigenvalue weighted by atomic mass is 16.5. The molecule has 2 aliphatic rings. The van der Waals surface area contributed by atoms with Crippen LogP contribution in [0.2, 0.25) is 0 Å². The molecule has 0 aromatic heterocycles. The van der Waals surface area contributed by atoms with Crippen molar-refractivity contribution in [3.05, 3.63) is 12.1 Å². The number of benzene rings is 1. The number of carbonyl (C=O) groups is 1. The summed E-state index contributed by atoms with van der Waals surface area (Å²) >= 11 is 0. The first-order chi connectivity index (χ1) is 16.5. The van der Waals surface area contributed by atoms with Crippen molar-refractivity contribution in [2.24, 2.45) is 5.92 Å². The minimum Gasteiger partial charge on any atom is -0.493 e. The van der Waals surface area contributed by atoms with Crippen LogP contribution in [0.4, 0.5) is 10.5 Å². The summed E-state index contributed by atoms with van der Waals surface area (Å²) in [5.41, 5.74) is 0.639. The summed E-state index contributed by atoms with van der Waals surface area (Å²) in [6.45, 7) is 11.9. The van der Waals surface area contributed by atoms with Crippen LogP contribution in [0.1, 0.15) is 46.0 Å².